The Morgan fingerprint density at radius 3 is 2.69 bits per heavy atom. The summed E-state index contributed by atoms with van der Waals surface area (Å²) in [5.74, 6) is 0. The summed E-state index contributed by atoms with van der Waals surface area (Å²) in [6.07, 6.45) is 3.74. The van der Waals surface area contributed by atoms with Crippen molar-refractivity contribution >= 4 is 22.9 Å². The summed E-state index contributed by atoms with van der Waals surface area (Å²) in [5.41, 5.74) is 0.520. The molecule has 1 unspecified atom stereocenters. The van der Waals surface area contributed by atoms with Crippen molar-refractivity contribution in [2.45, 2.75) is 38.5 Å². The second-order valence-electron chi connectivity index (χ2n) is 4.14. The van der Waals surface area contributed by atoms with Gasteiger partial charge < -0.3 is 0 Å². The van der Waals surface area contributed by atoms with Crippen molar-refractivity contribution in [2.24, 2.45) is 5.41 Å². The standard InChI is InChI=1S/C9H13ClN2S/c1-6(10)8-12-11-7(13-8)5-9(2)3-4-9/h6H,3-5H2,1-2H3. The maximum Gasteiger partial charge on any atom is 0.135 e. The molecular formula is C9H13ClN2S. The molecule has 1 aromatic rings. The van der Waals surface area contributed by atoms with Gasteiger partial charge in [0.25, 0.3) is 0 Å². The number of hydrogen-bond donors (Lipinski definition) is 0. The van der Waals surface area contributed by atoms with Gasteiger partial charge in [-0.15, -0.1) is 21.8 Å². The van der Waals surface area contributed by atoms with Gasteiger partial charge in [-0.3, -0.25) is 0 Å². The van der Waals surface area contributed by atoms with Crippen LogP contribution in [0.25, 0.3) is 0 Å². The number of halogens is 1. The molecule has 1 aliphatic rings. The molecule has 0 spiro atoms. The summed E-state index contributed by atoms with van der Waals surface area (Å²) in [5, 5.41) is 10.3. The van der Waals surface area contributed by atoms with Crippen LogP contribution in [0.2, 0.25) is 0 Å². The van der Waals surface area contributed by atoms with Gasteiger partial charge in [0.1, 0.15) is 10.0 Å². The Balaban J connectivity index is 2.05. The monoisotopic (exact) mass is 216 g/mol. The Kier molecular flexibility index (Phi) is 2.32. The number of rotatable bonds is 3. The van der Waals surface area contributed by atoms with Gasteiger partial charge in [0.05, 0.1) is 5.38 Å². The molecule has 1 aliphatic carbocycles. The lowest BCUT2D eigenvalue weighted by Crippen LogP contribution is -1.97. The predicted molar refractivity (Wildman–Crippen MR) is 55.2 cm³/mol. The maximum absolute atomic E-state index is 5.91. The molecule has 2 nitrogen and oxygen atoms in total. The summed E-state index contributed by atoms with van der Waals surface area (Å²) in [6.45, 7) is 4.24. The molecule has 0 bridgehead atoms. The molecular weight excluding hydrogens is 204 g/mol. The normalized spacial score (nSPS) is 21.5. The Morgan fingerprint density at radius 2 is 2.23 bits per heavy atom. The average molecular weight is 217 g/mol. The van der Waals surface area contributed by atoms with Crippen LogP contribution in [0.1, 0.15) is 42.1 Å². The van der Waals surface area contributed by atoms with Crippen molar-refractivity contribution in [3.8, 4) is 0 Å². The smallest absolute Gasteiger partial charge is 0.135 e. The molecule has 72 valence electrons. The van der Waals surface area contributed by atoms with Crippen molar-refractivity contribution in [2.75, 3.05) is 0 Å². The molecule has 2 rings (SSSR count). The minimum absolute atomic E-state index is 0.00161. The van der Waals surface area contributed by atoms with Gasteiger partial charge in [0.2, 0.25) is 0 Å². The first-order valence-electron chi connectivity index (χ1n) is 4.55. The molecule has 1 aromatic heterocycles. The van der Waals surface area contributed by atoms with E-state index in [1.54, 1.807) is 11.3 Å². The average Bonchev–Trinajstić information content (AvgIpc) is 2.62. The first-order valence-corrected chi connectivity index (χ1v) is 5.81. The molecule has 0 amide bonds. The summed E-state index contributed by atoms with van der Waals surface area (Å²) >= 11 is 7.56. The third-order valence-electron chi connectivity index (χ3n) is 2.50. The van der Waals surface area contributed by atoms with E-state index in [9.17, 15) is 0 Å². The fourth-order valence-corrected chi connectivity index (χ4v) is 2.42. The summed E-state index contributed by atoms with van der Waals surface area (Å²) in [6, 6.07) is 0. The van der Waals surface area contributed by atoms with E-state index in [0.717, 1.165) is 16.4 Å². The molecule has 1 heterocycles. The second-order valence-corrected chi connectivity index (χ2v) is 5.89. The predicted octanol–water partition coefficient (Wildman–Crippen LogP) is 3.18. The fourth-order valence-electron chi connectivity index (χ4n) is 1.25. The minimum Gasteiger partial charge on any atom is -0.143 e. The van der Waals surface area contributed by atoms with Crippen LogP contribution in [0.15, 0.2) is 0 Å². The molecule has 0 N–H and O–H groups in total. The van der Waals surface area contributed by atoms with Crippen molar-refractivity contribution in [3.63, 3.8) is 0 Å². The van der Waals surface area contributed by atoms with Gasteiger partial charge in [0, 0.05) is 6.42 Å². The van der Waals surface area contributed by atoms with Crippen LogP contribution >= 0.6 is 22.9 Å². The van der Waals surface area contributed by atoms with Gasteiger partial charge >= 0.3 is 0 Å². The highest BCUT2D eigenvalue weighted by Gasteiger charge is 2.38. The molecule has 4 heteroatoms. The zero-order valence-electron chi connectivity index (χ0n) is 7.88. The van der Waals surface area contributed by atoms with E-state index in [-0.39, 0.29) is 5.38 Å². The van der Waals surface area contributed by atoms with Gasteiger partial charge in [-0.05, 0) is 25.2 Å². The topological polar surface area (TPSA) is 25.8 Å². The Hall–Kier alpha value is -0.150. The van der Waals surface area contributed by atoms with Gasteiger partial charge in [-0.1, -0.05) is 18.3 Å². The second kappa shape index (κ2) is 3.21. The van der Waals surface area contributed by atoms with Crippen molar-refractivity contribution in [1.82, 2.24) is 10.2 Å². The number of alkyl halides is 1. The molecule has 0 saturated heterocycles. The van der Waals surface area contributed by atoms with E-state index < -0.39 is 0 Å². The number of hydrogen-bond acceptors (Lipinski definition) is 3. The fraction of sp³-hybridized carbons (Fsp3) is 0.778. The lowest BCUT2D eigenvalue weighted by molar-refractivity contribution is 0.565. The van der Waals surface area contributed by atoms with E-state index in [1.165, 1.54) is 12.8 Å². The Labute approximate surface area is 87.3 Å². The molecule has 1 atom stereocenters. The largest absolute Gasteiger partial charge is 0.143 e. The highest BCUT2D eigenvalue weighted by atomic mass is 35.5. The van der Waals surface area contributed by atoms with Gasteiger partial charge in [-0.25, -0.2) is 0 Å². The molecule has 1 saturated carbocycles. The molecule has 0 radical (unpaired) electrons. The Morgan fingerprint density at radius 1 is 1.54 bits per heavy atom. The summed E-state index contributed by atoms with van der Waals surface area (Å²) < 4.78 is 0. The lowest BCUT2D eigenvalue weighted by atomic mass is 10.1. The van der Waals surface area contributed by atoms with E-state index in [0.29, 0.717) is 5.41 Å². The van der Waals surface area contributed by atoms with Gasteiger partial charge in [-0.2, -0.15) is 0 Å². The van der Waals surface area contributed by atoms with Crippen LogP contribution in [0, 0.1) is 5.41 Å². The van der Waals surface area contributed by atoms with Crippen molar-refractivity contribution < 1.29 is 0 Å². The van der Waals surface area contributed by atoms with Crippen LogP contribution in [0.4, 0.5) is 0 Å². The highest BCUT2D eigenvalue weighted by Crippen LogP contribution is 2.48. The zero-order chi connectivity index (χ0) is 9.47. The van der Waals surface area contributed by atoms with Crippen molar-refractivity contribution in [3.05, 3.63) is 10.0 Å². The van der Waals surface area contributed by atoms with Crippen LogP contribution in [-0.4, -0.2) is 10.2 Å². The molecule has 0 aromatic carbocycles. The van der Waals surface area contributed by atoms with Crippen LogP contribution in [0.5, 0.6) is 0 Å². The van der Waals surface area contributed by atoms with Crippen LogP contribution in [0.3, 0.4) is 0 Å². The maximum atomic E-state index is 5.91. The van der Waals surface area contributed by atoms with Crippen LogP contribution < -0.4 is 0 Å². The van der Waals surface area contributed by atoms with E-state index >= 15 is 0 Å². The molecule has 0 aliphatic heterocycles. The van der Waals surface area contributed by atoms with Crippen LogP contribution in [-0.2, 0) is 6.42 Å². The SMILES string of the molecule is CC(Cl)c1nnc(CC2(C)CC2)s1. The van der Waals surface area contributed by atoms with Crippen molar-refractivity contribution in [1.29, 1.82) is 0 Å². The third kappa shape index (κ3) is 2.20. The third-order valence-corrected chi connectivity index (χ3v) is 3.95. The molecule has 1 fully saturated rings. The summed E-state index contributed by atoms with van der Waals surface area (Å²) in [7, 11) is 0. The molecule has 13 heavy (non-hydrogen) atoms. The first-order chi connectivity index (χ1) is 6.09. The zero-order valence-corrected chi connectivity index (χ0v) is 9.45. The quantitative estimate of drug-likeness (QED) is 0.726. The highest BCUT2D eigenvalue weighted by molar-refractivity contribution is 7.11. The first kappa shape index (κ1) is 9.41. The number of nitrogens with zero attached hydrogens (tertiary/aromatic N) is 2. The lowest BCUT2D eigenvalue weighted by Gasteiger charge is -2.01. The van der Waals surface area contributed by atoms with E-state index in [4.69, 9.17) is 11.6 Å². The van der Waals surface area contributed by atoms with E-state index in [1.807, 2.05) is 6.92 Å². The van der Waals surface area contributed by atoms with Gasteiger partial charge in [0.15, 0.2) is 0 Å². The Bertz CT molecular complexity index is 304. The number of aromatic nitrogens is 2. The summed E-state index contributed by atoms with van der Waals surface area (Å²) in [4.78, 5) is 0. The van der Waals surface area contributed by atoms with E-state index in [2.05, 4.69) is 17.1 Å². The minimum atomic E-state index is -0.00161.